The zero-order valence-electron chi connectivity index (χ0n) is 11.7. The van der Waals surface area contributed by atoms with Crippen LogP contribution in [0.15, 0.2) is 42.6 Å². The third-order valence-corrected chi connectivity index (χ3v) is 5.99. The standard InChI is InChI=1S/C15H17ClN2O2S/c1-2-21(19,20)18-11-10-17-9-3-4-14(17)15(18)12-5-7-13(16)8-6-12/h3-9,15H,2,10-11H2,1H3. The molecule has 0 aliphatic carbocycles. The number of halogens is 1. The van der Waals surface area contributed by atoms with Crippen LogP contribution in [0.25, 0.3) is 0 Å². The minimum atomic E-state index is -3.26. The van der Waals surface area contributed by atoms with Gasteiger partial charge in [-0.1, -0.05) is 23.7 Å². The Morgan fingerprint density at radius 1 is 1.19 bits per heavy atom. The summed E-state index contributed by atoms with van der Waals surface area (Å²) in [5.41, 5.74) is 1.94. The molecule has 0 fully saturated rings. The van der Waals surface area contributed by atoms with Crippen LogP contribution < -0.4 is 0 Å². The highest BCUT2D eigenvalue weighted by atomic mass is 35.5. The molecule has 0 saturated heterocycles. The molecule has 0 bridgehead atoms. The number of aromatic nitrogens is 1. The number of fused-ring (bicyclic) bond motifs is 1. The van der Waals surface area contributed by atoms with E-state index in [9.17, 15) is 8.42 Å². The van der Waals surface area contributed by atoms with Crippen molar-refractivity contribution in [3.63, 3.8) is 0 Å². The molecule has 0 saturated carbocycles. The van der Waals surface area contributed by atoms with Gasteiger partial charge in [-0.25, -0.2) is 8.42 Å². The van der Waals surface area contributed by atoms with Crippen LogP contribution in [0.5, 0.6) is 0 Å². The molecule has 1 aromatic heterocycles. The fourth-order valence-corrected chi connectivity index (χ4v) is 4.18. The topological polar surface area (TPSA) is 42.3 Å². The van der Waals surface area contributed by atoms with E-state index >= 15 is 0 Å². The summed E-state index contributed by atoms with van der Waals surface area (Å²) in [7, 11) is -3.26. The van der Waals surface area contributed by atoms with Crippen molar-refractivity contribution >= 4 is 21.6 Å². The fraction of sp³-hybridized carbons (Fsp3) is 0.333. The van der Waals surface area contributed by atoms with Crippen molar-refractivity contribution in [2.24, 2.45) is 0 Å². The minimum absolute atomic E-state index is 0.109. The van der Waals surface area contributed by atoms with E-state index in [1.807, 2.05) is 30.5 Å². The van der Waals surface area contributed by atoms with Gasteiger partial charge < -0.3 is 4.57 Å². The zero-order chi connectivity index (χ0) is 15.0. The van der Waals surface area contributed by atoms with E-state index in [2.05, 4.69) is 4.57 Å². The van der Waals surface area contributed by atoms with E-state index in [1.165, 1.54) is 0 Å². The van der Waals surface area contributed by atoms with Crippen molar-refractivity contribution in [1.82, 2.24) is 8.87 Å². The Hall–Kier alpha value is -1.30. The Labute approximate surface area is 130 Å². The molecule has 0 spiro atoms. The lowest BCUT2D eigenvalue weighted by atomic mass is 10.0. The maximum absolute atomic E-state index is 12.4. The number of benzene rings is 1. The zero-order valence-corrected chi connectivity index (χ0v) is 13.3. The van der Waals surface area contributed by atoms with Gasteiger partial charge in [0.1, 0.15) is 0 Å². The van der Waals surface area contributed by atoms with E-state index < -0.39 is 10.0 Å². The van der Waals surface area contributed by atoms with E-state index in [0.29, 0.717) is 18.1 Å². The molecule has 3 rings (SSSR count). The maximum Gasteiger partial charge on any atom is 0.214 e. The molecule has 0 N–H and O–H groups in total. The molecule has 2 heterocycles. The Bertz CT molecular complexity index is 737. The summed E-state index contributed by atoms with van der Waals surface area (Å²) < 4.78 is 28.6. The molecular formula is C15H17ClN2O2S. The molecule has 1 aromatic carbocycles. The van der Waals surface area contributed by atoms with Crippen molar-refractivity contribution < 1.29 is 8.42 Å². The second kappa shape index (κ2) is 5.48. The number of nitrogens with zero attached hydrogens (tertiary/aromatic N) is 2. The third-order valence-electron chi connectivity index (χ3n) is 3.90. The largest absolute Gasteiger partial charge is 0.348 e. The third kappa shape index (κ3) is 2.61. The summed E-state index contributed by atoms with van der Waals surface area (Å²) in [6.45, 7) is 2.86. The van der Waals surface area contributed by atoms with Crippen molar-refractivity contribution in [3.8, 4) is 0 Å². The molecular weight excluding hydrogens is 308 g/mol. The van der Waals surface area contributed by atoms with E-state index in [0.717, 1.165) is 11.3 Å². The molecule has 1 aliphatic heterocycles. The lowest BCUT2D eigenvalue weighted by molar-refractivity contribution is 0.299. The van der Waals surface area contributed by atoms with Gasteiger partial charge in [0.2, 0.25) is 10.0 Å². The van der Waals surface area contributed by atoms with Crippen molar-refractivity contribution in [3.05, 3.63) is 58.9 Å². The van der Waals surface area contributed by atoms with Crippen LogP contribution in [-0.2, 0) is 16.6 Å². The van der Waals surface area contributed by atoms with Gasteiger partial charge in [0.05, 0.1) is 11.8 Å². The van der Waals surface area contributed by atoms with Crippen LogP contribution in [0.3, 0.4) is 0 Å². The first-order valence-electron chi connectivity index (χ1n) is 6.93. The molecule has 1 aliphatic rings. The highest BCUT2D eigenvalue weighted by molar-refractivity contribution is 7.89. The van der Waals surface area contributed by atoms with Gasteiger partial charge in [-0.3, -0.25) is 0 Å². The summed E-state index contributed by atoms with van der Waals surface area (Å²) in [5, 5.41) is 0.648. The molecule has 112 valence electrons. The van der Waals surface area contributed by atoms with Crippen LogP contribution in [0, 0.1) is 0 Å². The Kier molecular flexibility index (Phi) is 3.82. The monoisotopic (exact) mass is 324 g/mol. The average Bonchev–Trinajstić information content (AvgIpc) is 2.95. The van der Waals surface area contributed by atoms with Gasteiger partial charge in [-0.15, -0.1) is 0 Å². The van der Waals surface area contributed by atoms with E-state index in [1.54, 1.807) is 23.4 Å². The second-order valence-corrected chi connectivity index (χ2v) is 7.74. The van der Waals surface area contributed by atoms with Crippen molar-refractivity contribution in [2.45, 2.75) is 19.5 Å². The van der Waals surface area contributed by atoms with Crippen molar-refractivity contribution in [2.75, 3.05) is 12.3 Å². The lowest BCUT2D eigenvalue weighted by Gasteiger charge is -2.36. The fourth-order valence-electron chi connectivity index (χ4n) is 2.81. The predicted molar refractivity (Wildman–Crippen MR) is 83.9 cm³/mol. The average molecular weight is 325 g/mol. The number of rotatable bonds is 3. The minimum Gasteiger partial charge on any atom is -0.348 e. The van der Waals surface area contributed by atoms with Gasteiger partial charge in [0.25, 0.3) is 0 Å². The summed E-state index contributed by atoms with van der Waals surface area (Å²) in [6, 6.07) is 11.1. The van der Waals surface area contributed by atoms with E-state index in [4.69, 9.17) is 11.6 Å². The highest BCUT2D eigenvalue weighted by Crippen LogP contribution is 2.34. The number of sulfonamides is 1. The molecule has 1 atom stereocenters. The van der Waals surface area contributed by atoms with E-state index in [-0.39, 0.29) is 11.8 Å². The Balaban J connectivity index is 2.12. The summed E-state index contributed by atoms with van der Waals surface area (Å²) in [5.74, 6) is 0.109. The quantitative estimate of drug-likeness (QED) is 0.871. The first kappa shape index (κ1) is 14.6. The smallest absolute Gasteiger partial charge is 0.214 e. The summed E-state index contributed by atoms with van der Waals surface area (Å²) >= 11 is 5.95. The van der Waals surface area contributed by atoms with Gasteiger partial charge >= 0.3 is 0 Å². The van der Waals surface area contributed by atoms with Crippen molar-refractivity contribution in [1.29, 1.82) is 0 Å². The second-order valence-electron chi connectivity index (χ2n) is 5.09. The maximum atomic E-state index is 12.4. The predicted octanol–water partition coefficient (Wildman–Crippen LogP) is 2.90. The molecule has 21 heavy (non-hydrogen) atoms. The van der Waals surface area contributed by atoms with Gasteiger partial charge in [-0.05, 0) is 36.8 Å². The number of hydrogen-bond donors (Lipinski definition) is 0. The normalized spacial score (nSPS) is 19.4. The van der Waals surface area contributed by atoms with Crippen LogP contribution in [0.2, 0.25) is 5.02 Å². The molecule has 0 radical (unpaired) electrons. The Morgan fingerprint density at radius 3 is 2.57 bits per heavy atom. The Morgan fingerprint density at radius 2 is 1.90 bits per heavy atom. The molecule has 2 aromatic rings. The van der Waals surface area contributed by atoms with Gasteiger partial charge in [-0.2, -0.15) is 4.31 Å². The van der Waals surface area contributed by atoms with Crippen LogP contribution in [0.1, 0.15) is 24.2 Å². The molecule has 6 heteroatoms. The molecule has 4 nitrogen and oxygen atoms in total. The van der Waals surface area contributed by atoms with Crippen LogP contribution in [-0.4, -0.2) is 29.6 Å². The van der Waals surface area contributed by atoms with Gasteiger partial charge in [0, 0.05) is 30.0 Å². The SMILES string of the molecule is CCS(=O)(=O)N1CCn2cccc2C1c1ccc(Cl)cc1. The first-order valence-corrected chi connectivity index (χ1v) is 8.91. The van der Waals surface area contributed by atoms with Crippen LogP contribution >= 0.6 is 11.6 Å². The highest BCUT2D eigenvalue weighted by Gasteiger charge is 2.35. The lowest BCUT2D eigenvalue weighted by Crippen LogP contribution is -2.43. The summed E-state index contributed by atoms with van der Waals surface area (Å²) in [4.78, 5) is 0. The summed E-state index contributed by atoms with van der Waals surface area (Å²) in [6.07, 6.45) is 1.99. The van der Waals surface area contributed by atoms with Crippen LogP contribution in [0.4, 0.5) is 0 Å². The van der Waals surface area contributed by atoms with Gasteiger partial charge in [0.15, 0.2) is 0 Å². The molecule has 1 unspecified atom stereocenters. The molecule has 0 amide bonds. The first-order chi connectivity index (χ1) is 10.0. The number of hydrogen-bond acceptors (Lipinski definition) is 2.